The summed E-state index contributed by atoms with van der Waals surface area (Å²) in [6.07, 6.45) is 3.29. The van der Waals surface area contributed by atoms with Gasteiger partial charge < -0.3 is 10.6 Å². The van der Waals surface area contributed by atoms with Crippen LogP contribution in [0.4, 0.5) is 5.69 Å². The van der Waals surface area contributed by atoms with E-state index in [4.69, 9.17) is 0 Å². The van der Waals surface area contributed by atoms with Crippen LogP contribution in [0.25, 0.3) is 10.4 Å². The lowest BCUT2D eigenvalue weighted by atomic mass is 9.95. The van der Waals surface area contributed by atoms with Crippen molar-refractivity contribution in [2.75, 3.05) is 0 Å². The Morgan fingerprint density at radius 3 is 2.79 bits per heavy atom. The fraction of sp³-hybridized carbons (Fsp3) is 0.353. The lowest BCUT2D eigenvalue weighted by molar-refractivity contribution is -0.384. The summed E-state index contributed by atoms with van der Waals surface area (Å²) < 4.78 is 0. The second-order valence-electron chi connectivity index (χ2n) is 6.30. The Hall–Kier alpha value is -2.25. The summed E-state index contributed by atoms with van der Waals surface area (Å²) in [7, 11) is 0. The van der Waals surface area contributed by atoms with Gasteiger partial charge in [0.05, 0.1) is 15.4 Å². The molecule has 1 aromatic heterocycles. The van der Waals surface area contributed by atoms with Crippen LogP contribution in [0, 0.1) is 10.1 Å². The summed E-state index contributed by atoms with van der Waals surface area (Å²) in [6.45, 7) is 0. The zero-order chi connectivity index (χ0) is 16.7. The van der Waals surface area contributed by atoms with Crippen LogP contribution in [-0.2, 0) is 0 Å². The van der Waals surface area contributed by atoms with E-state index in [0.29, 0.717) is 22.5 Å². The minimum atomic E-state index is -0.393. The molecule has 0 aliphatic carbocycles. The van der Waals surface area contributed by atoms with Gasteiger partial charge in [0.2, 0.25) is 0 Å². The molecule has 4 rings (SSSR count). The normalized spacial score (nSPS) is 24.9. The van der Waals surface area contributed by atoms with Crippen LogP contribution in [-0.4, -0.2) is 29.0 Å². The molecule has 2 fully saturated rings. The molecule has 1 amide bonds. The van der Waals surface area contributed by atoms with Crippen molar-refractivity contribution in [2.45, 2.75) is 37.4 Å². The predicted molar refractivity (Wildman–Crippen MR) is 92.2 cm³/mol. The Kier molecular flexibility index (Phi) is 3.82. The number of hydrogen-bond donors (Lipinski definition) is 2. The molecule has 1 aromatic carbocycles. The van der Waals surface area contributed by atoms with Gasteiger partial charge in [-0.05, 0) is 37.5 Å². The molecular formula is C17H17N3O3S. The number of para-hydroxylation sites is 1. The number of nitrogens with zero attached hydrogens (tertiary/aromatic N) is 1. The summed E-state index contributed by atoms with van der Waals surface area (Å²) in [5.41, 5.74) is 0.608. The number of rotatable bonds is 4. The van der Waals surface area contributed by atoms with Crippen molar-refractivity contribution in [2.24, 2.45) is 0 Å². The largest absolute Gasteiger partial charge is 0.347 e. The number of thiophene rings is 1. The summed E-state index contributed by atoms with van der Waals surface area (Å²) >= 11 is 1.29. The van der Waals surface area contributed by atoms with Gasteiger partial charge in [-0.25, -0.2) is 0 Å². The third-order valence-corrected chi connectivity index (χ3v) is 5.93. The minimum Gasteiger partial charge on any atom is -0.347 e. The molecule has 3 atom stereocenters. The first-order chi connectivity index (χ1) is 11.6. The van der Waals surface area contributed by atoms with E-state index in [1.807, 2.05) is 0 Å². The number of nitrogens with one attached hydrogen (secondary N) is 2. The number of benzene rings is 1. The molecule has 0 radical (unpaired) electrons. The molecule has 7 heteroatoms. The average molecular weight is 343 g/mol. The number of nitro benzene ring substituents is 1. The zero-order valence-corrected chi connectivity index (χ0v) is 13.7. The van der Waals surface area contributed by atoms with Crippen LogP contribution >= 0.6 is 11.3 Å². The molecule has 2 aromatic rings. The van der Waals surface area contributed by atoms with E-state index in [1.54, 1.807) is 30.3 Å². The molecule has 0 unspecified atom stereocenters. The second-order valence-corrected chi connectivity index (χ2v) is 7.39. The summed E-state index contributed by atoms with van der Waals surface area (Å²) in [4.78, 5) is 24.6. The quantitative estimate of drug-likeness (QED) is 0.660. The smallest absolute Gasteiger partial charge is 0.278 e. The van der Waals surface area contributed by atoms with Gasteiger partial charge in [0.25, 0.3) is 11.6 Å². The van der Waals surface area contributed by atoms with Gasteiger partial charge >= 0.3 is 0 Å². The Morgan fingerprint density at radius 1 is 1.25 bits per heavy atom. The standard InChI is InChI=1S/C17H17N3O3S/c21-17(19-13-9-10-5-6-12(13)18-10)16-8-7-15(24-16)11-3-1-2-4-14(11)20(22)23/h1-4,7-8,10,12-13,18H,5-6,9H2,(H,19,21)/t10-,12-,13+/m0/s1. The highest BCUT2D eigenvalue weighted by Gasteiger charge is 2.39. The van der Waals surface area contributed by atoms with Gasteiger partial charge in [0.1, 0.15) is 0 Å². The number of carbonyl (C=O) groups excluding carboxylic acids is 1. The number of fused-ring (bicyclic) bond motifs is 2. The van der Waals surface area contributed by atoms with Crippen molar-refractivity contribution in [3.05, 3.63) is 51.4 Å². The Bertz CT molecular complexity index is 804. The SMILES string of the molecule is O=C(N[C@@H]1C[C@@H]2CC[C@@H]1N2)c1ccc(-c2ccccc2[N+](=O)[O-])s1. The molecule has 2 N–H and O–H groups in total. The molecule has 2 aliphatic heterocycles. The molecule has 3 heterocycles. The monoisotopic (exact) mass is 343 g/mol. The van der Waals surface area contributed by atoms with Gasteiger partial charge in [0, 0.05) is 29.1 Å². The van der Waals surface area contributed by atoms with E-state index in [1.165, 1.54) is 23.8 Å². The van der Waals surface area contributed by atoms with Crippen molar-refractivity contribution in [1.82, 2.24) is 10.6 Å². The third kappa shape index (κ3) is 2.70. The Balaban J connectivity index is 1.53. The fourth-order valence-electron chi connectivity index (χ4n) is 3.67. The fourth-order valence-corrected chi connectivity index (χ4v) is 4.61. The van der Waals surface area contributed by atoms with E-state index in [-0.39, 0.29) is 17.6 Å². The van der Waals surface area contributed by atoms with Crippen molar-refractivity contribution in [3.63, 3.8) is 0 Å². The van der Waals surface area contributed by atoms with Crippen LogP contribution < -0.4 is 10.6 Å². The lowest BCUT2D eigenvalue weighted by Gasteiger charge is -2.20. The van der Waals surface area contributed by atoms with Crippen molar-refractivity contribution < 1.29 is 9.72 Å². The minimum absolute atomic E-state index is 0.0589. The lowest BCUT2D eigenvalue weighted by Crippen LogP contribution is -2.42. The van der Waals surface area contributed by atoms with Gasteiger partial charge in [0.15, 0.2) is 0 Å². The maximum atomic E-state index is 12.5. The second kappa shape index (κ2) is 5.99. The van der Waals surface area contributed by atoms with E-state index in [2.05, 4.69) is 10.6 Å². The molecule has 2 bridgehead atoms. The molecule has 2 saturated heterocycles. The average Bonchev–Trinajstić information content (AvgIpc) is 3.31. The van der Waals surface area contributed by atoms with Crippen LogP contribution in [0.15, 0.2) is 36.4 Å². The van der Waals surface area contributed by atoms with E-state index in [0.717, 1.165) is 17.7 Å². The Morgan fingerprint density at radius 2 is 2.08 bits per heavy atom. The number of hydrogen-bond acceptors (Lipinski definition) is 5. The van der Waals surface area contributed by atoms with Crippen molar-refractivity contribution in [1.29, 1.82) is 0 Å². The van der Waals surface area contributed by atoms with Gasteiger partial charge in [-0.15, -0.1) is 11.3 Å². The Labute approximate surface area is 143 Å². The molecular weight excluding hydrogens is 326 g/mol. The molecule has 0 saturated carbocycles. The molecule has 0 spiro atoms. The van der Waals surface area contributed by atoms with E-state index < -0.39 is 4.92 Å². The number of nitro groups is 1. The van der Waals surface area contributed by atoms with Crippen LogP contribution in [0.2, 0.25) is 0 Å². The first-order valence-electron chi connectivity index (χ1n) is 8.02. The van der Waals surface area contributed by atoms with Crippen LogP contribution in [0.3, 0.4) is 0 Å². The van der Waals surface area contributed by atoms with Gasteiger partial charge in [-0.1, -0.05) is 12.1 Å². The number of carbonyl (C=O) groups is 1. The predicted octanol–water partition coefficient (Wildman–Crippen LogP) is 2.95. The molecule has 2 aliphatic rings. The van der Waals surface area contributed by atoms with Crippen molar-refractivity contribution >= 4 is 22.9 Å². The summed E-state index contributed by atoms with van der Waals surface area (Å²) in [5.74, 6) is -0.0933. The van der Waals surface area contributed by atoms with Gasteiger partial charge in [-0.2, -0.15) is 0 Å². The third-order valence-electron chi connectivity index (χ3n) is 4.81. The number of amides is 1. The molecule has 6 nitrogen and oxygen atoms in total. The van der Waals surface area contributed by atoms with Crippen molar-refractivity contribution in [3.8, 4) is 10.4 Å². The first kappa shape index (κ1) is 15.3. The summed E-state index contributed by atoms with van der Waals surface area (Å²) in [6, 6.07) is 11.2. The van der Waals surface area contributed by atoms with Crippen LogP contribution in [0.5, 0.6) is 0 Å². The van der Waals surface area contributed by atoms with Crippen LogP contribution in [0.1, 0.15) is 28.9 Å². The summed E-state index contributed by atoms with van der Waals surface area (Å²) in [5, 5.41) is 17.8. The highest BCUT2D eigenvalue weighted by Crippen LogP contribution is 2.35. The molecule has 24 heavy (non-hydrogen) atoms. The highest BCUT2D eigenvalue weighted by molar-refractivity contribution is 7.17. The maximum absolute atomic E-state index is 12.5. The first-order valence-corrected chi connectivity index (χ1v) is 8.84. The zero-order valence-electron chi connectivity index (χ0n) is 12.9. The topological polar surface area (TPSA) is 84.3 Å². The van der Waals surface area contributed by atoms with E-state index >= 15 is 0 Å². The highest BCUT2D eigenvalue weighted by atomic mass is 32.1. The molecule has 124 valence electrons. The van der Waals surface area contributed by atoms with E-state index in [9.17, 15) is 14.9 Å². The maximum Gasteiger partial charge on any atom is 0.278 e. The van der Waals surface area contributed by atoms with Gasteiger partial charge in [-0.3, -0.25) is 14.9 Å².